The number of carbonyl (C=O) groups excluding carboxylic acids is 1. The summed E-state index contributed by atoms with van der Waals surface area (Å²) in [6, 6.07) is 12.8. The SMILES string of the molecule is O=C(N/N=C/c1c(O)ccc2ccccc12)c1csc(Br)c1. The number of phenolic OH excluding ortho intramolecular Hbond substituents is 1. The number of hydrogen-bond donors (Lipinski definition) is 2. The van der Waals surface area contributed by atoms with Gasteiger partial charge in [0.25, 0.3) is 5.91 Å². The summed E-state index contributed by atoms with van der Waals surface area (Å²) in [5.74, 6) is -0.173. The van der Waals surface area contributed by atoms with Crippen molar-refractivity contribution >= 4 is 50.2 Å². The Balaban J connectivity index is 1.84. The number of halogens is 1. The van der Waals surface area contributed by atoms with E-state index < -0.39 is 0 Å². The van der Waals surface area contributed by atoms with E-state index in [1.54, 1.807) is 17.5 Å². The van der Waals surface area contributed by atoms with E-state index in [2.05, 4.69) is 26.5 Å². The number of nitrogens with zero attached hydrogens (tertiary/aromatic N) is 1. The number of hydrogen-bond acceptors (Lipinski definition) is 4. The predicted molar refractivity (Wildman–Crippen MR) is 92.7 cm³/mol. The number of phenols is 1. The normalized spacial score (nSPS) is 11.1. The maximum absolute atomic E-state index is 11.9. The van der Waals surface area contributed by atoms with Gasteiger partial charge < -0.3 is 5.11 Å². The fourth-order valence-electron chi connectivity index (χ4n) is 2.07. The van der Waals surface area contributed by atoms with Crippen LogP contribution in [0.25, 0.3) is 10.8 Å². The predicted octanol–water partition coefficient (Wildman–Crippen LogP) is 4.13. The standard InChI is InChI=1S/C16H11BrN2O2S/c17-15-7-11(9-22-15)16(21)19-18-8-13-12-4-2-1-3-10(12)5-6-14(13)20/h1-9,20H,(H,19,21)/b18-8+. The van der Waals surface area contributed by atoms with Gasteiger partial charge in [0.05, 0.1) is 15.6 Å². The molecule has 2 N–H and O–H groups in total. The van der Waals surface area contributed by atoms with Crippen molar-refractivity contribution in [3.8, 4) is 5.75 Å². The van der Waals surface area contributed by atoms with Crippen molar-refractivity contribution in [3.63, 3.8) is 0 Å². The van der Waals surface area contributed by atoms with Gasteiger partial charge in [0.2, 0.25) is 0 Å². The molecule has 1 aromatic heterocycles. The Morgan fingerprint density at radius 2 is 2.09 bits per heavy atom. The first kappa shape index (κ1) is 14.7. The molecule has 3 aromatic rings. The van der Waals surface area contributed by atoms with Crippen LogP contribution in [0.2, 0.25) is 0 Å². The lowest BCUT2D eigenvalue weighted by molar-refractivity contribution is 0.0955. The summed E-state index contributed by atoms with van der Waals surface area (Å²) in [5, 5.41) is 17.5. The number of benzene rings is 2. The van der Waals surface area contributed by atoms with Gasteiger partial charge in [0, 0.05) is 10.9 Å². The second-order valence-electron chi connectivity index (χ2n) is 4.56. The van der Waals surface area contributed by atoms with Crippen LogP contribution in [-0.4, -0.2) is 17.2 Å². The molecule has 110 valence electrons. The first-order valence-electron chi connectivity index (χ1n) is 6.43. The van der Waals surface area contributed by atoms with Gasteiger partial charge in [-0.3, -0.25) is 4.79 Å². The fourth-order valence-corrected chi connectivity index (χ4v) is 3.21. The van der Waals surface area contributed by atoms with Crippen LogP contribution in [-0.2, 0) is 0 Å². The summed E-state index contributed by atoms with van der Waals surface area (Å²) in [6.45, 7) is 0. The highest BCUT2D eigenvalue weighted by atomic mass is 79.9. The summed E-state index contributed by atoms with van der Waals surface area (Å²) in [6.07, 6.45) is 1.46. The third-order valence-electron chi connectivity index (χ3n) is 3.14. The topological polar surface area (TPSA) is 61.7 Å². The molecule has 0 atom stereocenters. The van der Waals surface area contributed by atoms with Gasteiger partial charge in [0.15, 0.2) is 0 Å². The van der Waals surface area contributed by atoms with Crippen molar-refractivity contribution in [2.24, 2.45) is 5.10 Å². The molecule has 0 saturated carbocycles. The average Bonchev–Trinajstić information content (AvgIpc) is 2.96. The van der Waals surface area contributed by atoms with Crippen LogP contribution in [0.3, 0.4) is 0 Å². The van der Waals surface area contributed by atoms with Crippen molar-refractivity contribution in [3.05, 3.63) is 62.8 Å². The van der Waals surface area contributed by atoms with Crippen molar-refractivity contribution < 1.29 is 9.90 Å². The summed E-state index contributed by atoms with van der Waals surface area (Å²) in [7, 11) is 0. The van der Waals surface area contributed by atoms with Crippen LogP contribution in [0.15, 0.2) is 56.7 Å². The summed E-state index contributed by atoms with van der Waals surface area (Å²) in [4.78, 5) is 11.9. The minimum atomic E-state index is -0.294. The molecule has 0 bridgehead atoms. The van der Waals surface area contributed by atoms with E-state index in [4.69, 9.17) is 0 Å². The molecule has 0 spiro atoms. The molecule has 0 saturated heterocycles. The number of nitrogens with one attached hydrogen (secondary N) is 1. The number of hydrazone groups is 1. The number of thiophene rings is 1. The second-order valence-corrected chi connectivity index (χ2v) is 6.85. The average molecular weight is 375 g/mol. The third kappa shape index (κ3) is 3.03. The summed E-state index contributed by atoms with van der Waals surface area (Å²) < 4.78 is 0.883. The zero-order valence-corrected chi connectivity index (χ0v) is 13.7. The minimum Gasteiger partial charge on any atom is -0.507 e. The maximum Gasteiger partial charge on any atom is 0.272 e. The second kappa shape index (κ2) is 6.29. The van der Waals surface area contributed by atoms with Crippen LogP contribution in [0, 0.1) is 0 Å². The maximum atomic E-state index is 11.9. The zero-order chi connectivity index (χ0) is 15.5. The van der Waals surface area contributed by atoms with E-state index >= 15 is 0 Å². The summed E-state index contributed by atoms with van der Waals surface area (Å²) in [5.41, 5.74) is 3.57. The molecule has 1 amide bonds. The third-order valence-corrected chi connectivity index (χ3v) is 4.64. The lowest BCUT2D eigenvalue weighted by atomic mass is 10.0. The highest BCUT2D eigenvalue weighted by Gasteiger charge is 2.07. The summed E-state index contributed by atoms with van der Waals surface area (Å²) >= 11 is 4.74. The highest BCUT2D eigenvalue weighted by molar-refractivity contribution is 9.11. The van der Waals surface area contributed by atoms with E-state index in [1.807, 2.05) is 30.3 Å². The van der Waals surface area contributed by atoms with Gasteiger partial charge in [-0.1, -0.05) is 30.3 Å². The number of carbonyl (C=O) groups is 1. The molecular formula is C16H11BrN2O2S. The Kier molecular flexibility index (Phi) is 4.22. The lowest BCUT2D eigenvalue weighted by Gasteiger charge is -2.04. The molecule has 0 aliphatic rings. The van der Waals surface area contributed by atoms with E-state index in [0.29, 0.717) is 11.1 Å². The van der Waals surface area contributed by atoms with Crippen molar-refractivity contribution in [2.75, 3.05) is 0 Å². The van der Waals surface area contributed by atoms with Crippen LogP contribution >= 0.6 is 27.3 Å². The number of amides is 1. The number of fused-ring (bicyclic) bond motifs is 1. The van der Waals surface area contributed by atoms with Crippen LogP contribution < -0.4 is 5.43 Å². The highest BCUT2D eigenvalue weighted by Crippen LogP contribution is 2.25. The van der Waals surface area contributed by atoms with E-state index in [9.17, 15) is 9.90 Å². The molecular weight excluding hydrogens is 364 g/mol. The minimum absolute atomic E-state index is 0.120. The van der Waals surface area contributed by atoms with Crippen molar-refractivity contribution in [2.45, 2.75) is 0 Å². The number of rotatable bonds is 3. The van der Waals surface area contributed by atoms with Gasteiger partial charge in [-0.25, -0.2) is 5.43 Å². The van der Waals surface area contributed by atoms with Crippen molar-refractivity contribution in [1.82, 2.24) is 5.43 Å². The Hall–Kier alpha value is -2.18. The molecule has 0 radical (unpaired) electrons. The van der Waals surface area contributed by atoms with E-state index in [-0.39, 0.29) is 11.7 Å². The molecule has 0 aliphatic carbocycles. The number of aromatic hydroxyl groups is 1. The van der Waals surface area contributed by atoms with Gasteiger partial charge in [-0.2, -0.15) is 5.10 Å². The van der Waals surface area contributed by atoms with Crippen LogP contribution in [0.5, 0.6) is 5.75 Å². The lowest BCUT2D eigenvalue weighted by Crippen LogP contribution is -2.16. The quantitative estimate of drug-likeness (QED) is 0.534. The van der Waals surface area contributed by atoms with Crippen molar-refractivity contribution in [1.29, 1.82) is 0 Å². The smallest absolute Gasteiger partial charge is 0.272 e. The monoisotopic (exact) mass is 374 g/mol. The Bertz CT molecular complexity index is 873. The van der Waals surface area contributed by atoms with Gasteiger partial charge in [0.1, 0.15) is 5.75 Å². The van der Waals surface area contributed by atoms with Crippen LogP contribution in [0.4, 0.5) is 0 Å². The molecule has 1 heterocycles. The Morgan fingerprint density at radius 3 is 2.86 bits per heavy atom. The van der Waals surface area contributed by atoms with E-state index in [1.165, 1.54) is 17.6 Å². The van der Waals surface area contributed by atoms with E-state index in [0.717, 1.165) is 14.6 Å². The largest absolute Gasteiger partial charge is 0.507 e. The molecule has 3 rings (SSSR count). The molecule has 22 heavy (non-hydrogen) atoms. The molecule has 0 aliphatic heterocycles. The fraction of sp³-hybridized carbons (Fsp3) is 0. The Labute approximate surface area is 139 Å². The molecule has 0 unspecified atom stereocenters. The van der Waals surface area contributed by atoms with Crippen LogP contribution in [0.1, 0.15) is 15.9 Å². The van der Waals surface area contributed by atoms with Gasteiger partial charge in [-0.15, -0.1) is 11.3 Å². The van der Waals surface area contributed by atoms with Gasteiger partial charge >= 0.3 is 0 Å². The zero-order valence-electron chi connectivity index (χ0n) is 11.3. The molecule has 4 nitrogen and oxygen atoms in total. The first-order chi connectivity index (χ1) is 10.6. The Morgan fingerprint density at radius 1 is 1.27 bits per heavy atom. The molecule has 0 fully saturated rings. The first-order valence-corrected chi connectivity index (χ1v) is 8.10. The molecule has 2 aromatic carbocycles. The molecule has 6 heteroatoms. The van der Waals surface area contributed by atoms with Gasteiger partial charge in [-0.05, 0) is 38.8 Å².